The van der Waals surface area contributed by atoms with E-state index in [1.165, 1.54) is 31.2 Å². The number of rotatable bonds is 4. The minimum absolute atomic E-state index is 0.0585. The molecule has 25 heavy (non-hydrogen) atoms. The smallest absolute Gasteiger partial charge is 0.358 e. The lowest BCUT2D eigenvalue weighted by Crippen LogP contribution is -2.13. The summed E-state index contributed by atoms with van der Waals surface area (Å²) in [6, 6.07) is 13.2. The van der Waals surface area contributed by atoms with Crippen LogP contribution in [-0.4, -0.2) is 20.1 Å². The Balaban J connectivity index is 1.79. The topological polar surface area (TPSA) is 82.0 Å². The maximum absolute atomic E-state index is 12.3. The van der Waals surface area contributed by atoms with Crippen molar-refractivity contribution >= 4 is 21.8 Å². The molecule has 7 heteroatoms. The number of benzene rings is 2. The maximum Gasteiger partial charge on any atom is 0.358 e. The van der Waals surface area contributed by atoms with Crippen LogP contribution in [0, 0.1) is 0 Å². The summed E-state index contributed by atoms with van der Waals surface area (Å²) in [5, 5.41) is 3.89. The molecule has 6 nitrogen and oxygen atoms in total. The van der Waals surface area contributed by atoms with E-state index in [-0.39, 0.29) is 10.6 Å². The summed E-state index contributed by atoms with van der Waals surface area (Å²) in [5.41, 5.74) is 2.69. The number of ether oxygens (including phenoxy) is 1. The standard InChI is InChI=1S/C18H17NO5S/c1-13(20)23-15-9-11-16(12-10-15)25(21,22)24-19-18-8-4-6-14-5-2-3-7-17(14)18/h2-3,5,7,9-12H,4,6,8H2,1H3. The van der Waals surface area contributed by atoms with E-state index in [4.69, 9.17) is 9.02 Å². The lowest BCUT2D eigenvalue weighted by atomic mass is 9.90. The van der Waals surface area contributed by atoms with Crippen molar-refractivity contribution in [1.29, 1.82) is 0 Å². The van der Waals surface area contributed by atoms with E-state index in [2.05, 4.69) is 5.16 Å². The number of hydrogen-bond acceptors (Lipinski definition) is 6. The fourth-order valence-electron chi connectivity index (χ4n) is 2.67. The minimum Gasteiger partial charge on any atom is -0.427 e. The van der Waals surface area contributed by atoms with Gasteiger partial charge in [-0.25, -0.2) is 0 Å². The molecule has 0 heterocycles. The molecule has 3 rings (SSSR count). The van der Waals surface area contributed by atoms with Crippen molar-refractivity contribution in [2.45, 2.75) is 31.1 Å². The van der Waals surface area contributed by atoms with Crippen molar-refractivity contribution in [3.63, 3.8) is 0 Å². The zero-order valence-electron chi connectivity index (χ0n) is 13.6. The largest absolute Gasteiger partial charge is 0.427 e. The Kier molecular flexibility index (Phi) is 4.85. The molecule has 130 valence electrons. The van der Waals surface area contributed by atoms with E-state index in [0.717, 1.165) is 24.0 Å². The van der Waals surface area contributed by atoms with Crippen LogP contribution in [0.2, 0.25) is 0 Å². The predicted octanol–water partition coefficient (Wildman–Crippen LogP) is 3.06. The highest BCUT2D eigenvalue weighted by Gasteiger charge is 2.19. The summed E-state index contributed by atoms with van der Waals surface area (Å²) < 4.78 is 34.3. The van der Waals surface area contributed by atoms with Gasteiger partial charge >= 0.3 is 16.1 Å². The molecule has 0 amide bonds. The fourth-order valence-corrected chi connectivity index (χ4v) is 3.42. The first-order valence-electron chi connectivity index (χ1n) is 7.83. The molecule has 2 aromatic rings. The molecule has 0 atom stereocenters. The molecule has 0 fully saturated rings. The van der Waals surface area contributed by atoms with Gasteiger partial charge in [0, 0.05) is 12.5 Å². The Morgan fingerprint density at radius 3 is 2.48 bits per heavy atom. The van der Waals surface area contributed by atoms with Gasteiger partial charge in [0.2, 0.25) is 0 Å². The van der Waals surface area contributed by atoms with Gasteiger partial charge in [0.15, 0.2) is 0 Å². The van der Waals surface area contributed by atoms with Crippen LogP contribution in [0.4, 0.5) is 0 Å². The SMILES string of the molecule is CC(=O)Oc1ccc(S(=O)(=O)ON=C2CCCc3ccccc32)cc1. The van der Waals surface area contributed by atoms with Gasteiger partial charge in [0.05, 0.1) is 5.71 Å². The number of nitrogens with zero attached hydrogens (tertiary/aromatic N) is 1. The van der Waals surface area contributed by atoms with Crippen LogP contribution in [0.15, 0.2) is 58.6 Å². The Morgan fingerprint density at radius 2 is 1.76 bits per heavy atom. The number of hydrogen-bond donors (Lipinski definition) is 0. The van der Waals surface area contributed by atoms with Gasteiger partial charge < -0.3 is 4.74 Å². The maximum atomic E-state index is 12.3. The second-order valence-corrected chi connectivity index (χ2v) is 7.17. The van der Waals surface area contributed by atoms with E-state index in [1.54, 1.807) is 0 Å². The van der Waals surface area contributed by atoms with E-state index in [1.807, 2.05) is 24.3 Å². The molecule has 0 saturated heterocycles. The lowest BCUT2D eigenvalue weighted by Gasteiger charge is -2.16. The molecule has 0 spiro atoms. The summed E-state index contributed by atoms with van der Waals surface area (Å²) in [4.78, 5) is 10.8. The molecule has 0 aromatic heterocycles. The Morgan fingerprint density at radius 1 is 1.04 bits per heavy atom. The fraction of sp³-hybridized carbons (Fsp3) is 0.222. The monoisotopic (exact) mass is 359 g/mol. The van der Waals surface area contributed by atoms with Crippen LogP contribution >= 0.6 is 0 Å². The van der Waals surface area contributed by atoms with Gasteiger partial charge in [-0.15, -0.1) is 0 Å². The van der Waals surface area contributed by atoms with Crippen molar-refractivity contribution in [3.8, 4) is 5.75 Å². The molecule has 1 aliphatic carbocycles. The van der Waals surface area contributed by atoms with Crippen molar-refractivity contribution < 1.29 is 22.2 Å². The zero-order valence-corrected chi connectivity index (χ0v) is 14.5. The molecule has 0 N–H and O–H groups in total. The molecule has 0 radical (unpaired) electrons. The van der Waals surface area contributed by atoms with Gasteiger partial charge in [-0.3, -0.25) is 9.08 Å². The zero-order chi connectivity index (χ0) is 17.9. The van der Waals surface area contributed by atoms with E-state index in [0.29, 0.717) is 12.1 Å². The van der Waals surface area contributed by atoms with Crippen LogP contribution in [0.25, 0.3) is 0 Å². The average Bonchev–Trinajstić information content (AvgIpc) is 2.60. The molecule has 2 aromatic carbocycles. The molecule has 1 aliphatic rings. The van der Waals surface area contributed by atoms with Crippen LogP contribution in [-0.2, 0) is 25.6 Å². The van der Waals surface area contributed by atoms with Gasteiger partial charge in [-0.05, 0) is 49.1 Å². The second-order valence-electron chi connectivity index (χ2n) is 5.64. The van der Waals surface area contributed by atoms with Gasteiger partial charge in [0.25, 0.3) is 0 Å². The normalized spacial score (nSPS) is 15.5. The van der Waals surface area contributed by atoms with E-state index < -0.39 is 16.1 Å². The Labute approximate surface area is 146 Å². The first kappa shape index (κ1) is 17.2. The third-order valence-corrected chi connectivity index (χ3v) is 4.93. The summed E-state index contributed by atoms with van der Waals surface area (Å²) in [6.45, 7) is 1.27. The quantitative estimate of drug-likeness (QED) is 0.476. The highest BCUT2D eigenvalue weighted by atomic mass is 32.2. The van der Waals surface area contributed by atoms with Gasteiger partial charge in [-0.1, -0.05) is 29.4 Å². The molecule has 0 bridgehead atoms. The Hall–Kier alpha value is -2.67. The first-order valence-corrected chi connectivity index (χ1v) is 9.24. The predicted molar refractivity (Wildman–Crippen MR) is 91.9 cm³/mol. The summed E-state index contributed by atoms with van der Waals surface area (Å²) in [6.07, 6.45) is 2.51. The summed E-state index contributed by atoms with van der Waals surface area (Å²) >= 11 is 0. The molecule has 0 aliphatic heterocycles. The van der Waals surface area contributed by atoms with Crippen LogP contribution < -0.4 is 4.74 Å². The highest BCUT2D eigenvalue weighted by Crippen LogP contribution is 2.23. The van der Waals surface area contributed by atoms with E-state index in [9.17, 15) is 13.2 Å². The minimum atomic E-state index is -4.04. The number of fused-ring (bicyclic) bond motifs is 1. The molecule has 0 unspecified atom stereocenters. The van der Waals surface area contributed by atoms with Crippen molar-refractivity contribution in [3.05, 3.63) is 59.7 Å². The van der Waals surface area contributed by atoms with Crippen molar-refractivity contribution in [1.82, 2.24) is 0 Å². The Bertz CT molecular complexity index is 917. The van der Waals surface area contributed by atoms with Gasteiger partial charge in [-0.2, -0.15) is 8.42 Å². The number of aryl methyl sites for hydroxylation is 1. The second kappa shape index (κ2) is 7.06. The van der Waals surface area contributed by atoms with E-state index >= 15 is 0 Å². The lowest BCUT2D eigenvalue weighted by molar-refractivity contribution is -0.131. The first-order chi connectivity index (χ1) is 12.0. The number of carbonyl (C=O) groups excluding carboxylic acids is 1. The highest BCUT2D eigenvalue weighted by molar-refractivity contribution is 7.86. The summed E-state index contributed by atoms with van der Waals surface area (Å²) in [5.74, 6) is -0.215. The number of oxime groups is 1. The third kappa shape index (κ3) is 4.06. The van der Waals surface area contributed by atoms with Crippen LogP contribution in [0.5, 0.6) is 5.75 Å². The number of carbonyl (C=O) groups is 1. The summed E-state index contributed by atoms with van der Waals surface area (Å²) in [7, 11) is -4.04. The molecular weight excluding hydrogens is 342 g/mol. The number of esters is 1. The van der Waals surface area contributed by atoms with Crippen LogP contribution in [0.1, 0.15) is 30.9 Å². The van der Waals surface area contributed by atoms with Crippen molar-refractivity contribution in [2.24, 2.45) is 5.16 Å². The van der Waals surface area contributed by atoms with Crippen LogP contribution in [0.3, 0.4) is 0 Å². The molecular formula is C18H17NO5S. The van der Waals surface area contributed by atoms with Crippen molar-refractivity contribution in [2.75, 3.05) is 0 Å². The third-order valence-electron chi connectivity index (χ3n) is 3.81. The molecule has 0 saturated carbocycles. The average molecular weight is 359 g/mol. The van der Waals surface area contributed by atoms with Gasteiger partial charge in [0.1, 0.15) is 10.6 Å².